The van der Waals surface area contributed by atoms with Gasteiger partial charge < -0.3 is 4.90 Å². The lowest BCUT2D eigenvalue weighted by atomic mass is 10.1. The Kier molecular flexibility index (Phi) is 6.41. The number of anilines is 1. The van der Waals surface area contributed by atoms with E-state index >= 15 is 0 Å². The van der Waals surface area contributed by atoms with E-state index in [1.807, 2.05) is 6.92 Å². The fourth-order valence-corrected chi connectivity index (χ4v) is 1.98. The van der Waals surface area contributed by atoms with E-state index in [1.54, 1.807) is 0 Å². The van der Waals surface area contributed by atoms with Gasteiger partial charge in [0.1, 0.15) is 0 Å². The largest absolute Gasteiger partial charge is 0.340 e. The first-order valence-electron chi connectivity index (χ1n) is 6.75. The summed E-state index contributed by atoms with van der Waals surface area (Å²) in [6.45, 7) is 10.3. The molecule has 0 aliphatic heterocycles. The lowest BCUT2D eigenvalue weighted by molar-refractivity contribution is 0.704. The van der Waals surface area contributed by atoms with E-state index in [2.05, 4.69) is 41.7 Å². The molecule has 0 radical (unpaired) electrons. The number of aryl methyl sites for hydroxylation is 1. The Balaban J connectivity index is 2.95. The first-order valence-corrected chi connectivity index (χ1v) is 7.28. The Morgan fingerprint density at radius 2 is 2.00 bits per heavy atom. The molecule has 0 aromatic carbocycles. The topological polar surface area (TPSA) is 29.0 Å². The van der Waals surface area contributed by atoms with E-state index in [-0.39, 0.29) is 0 Å². The van der Waals surface area contributed by atoms with Crippen LogP contribution in [0.15, 0.2) is 6.07 Å². The van der Waals surface area contributed by atoms with Crippen molar-refractivity contribution in [3.05, 3.63) is 17.5 Å². The van der Waals surface area contributed by atoms with Crippen LogP contribution in [-0.2, 0) is 0 Å². The zero-order valence-corrected chi connectivity index (χ0v) is 12.7. The van der Waals surface area contributed by atoms with Crippen molar-refractivity contribution < 1.29 is 0 Å². The maximum Gasteiger partial charge on any atom is 0.225 e. The van der Waals surface area contributed by atoms with Gasteiger partial charge in [-0.25, -0.2) is 9.97 Å². The van der Waals surface area contributed by atoms with Crippen LogP contribution >= 0.6 is 11.6 Å². The molecule has 1 aromatic rings. The highest BCUT2D eigenvalue weighted by Gasteiger charge is 2.12. The first kappa shape index (κ1) is 15.2. The predicted molar refractivity (Wildman–Crippen MR) is 78.7 cm³/mol. The summed E-state index contributed by atoms with van der Waals surface area (Å²) < 4.78 is 0. The van der Waals surface area contributed by atoms with Gasteiger partial charge in [0.15, 0.2) is 0 Å². The maximum atomic E-state index is 5.87. The number of hydrogen-bond donors (Lipinski definition) is 0. The number of unbranched alkanes of at least 4 members (excludes halogenated alkanes) is 1. The van der Waals surface area contributed by atoms with Crippen molar-refractivity contribution in [2.75, 3.05) is 23.9 Å². The number of rotatable bonds is 7. The molecule has 4 heteroatoms. The van der Waals surface area contributed by atoms with E-state index in [0.717, 1.165) is 36.8 Å². The summed E-state index contributed by atoms with van der Waals surface area (Å²) in [5.74, 6) is 1.86. The van der Waals surface area contributed by atoms with Crippen LogP contribution in [-0.4, -0.2) is 28.9 Å². The summed E-state index contributed by atoms with van der Waals surface area (Å²) in [7, 11) is 0. The van der Waals surface area contributed by atoms with Crippen LogP contribution in [0, 0.1) is 6.92 Å². The van der Waals surface area contributed by atoms with Gasteiger partial charge in [0.2, 0.25) is 5.95 Å². The Bertz CT molecular complexity index is 366. The summed E-state index contributed by atoms with van der Waals surface area (Å²) in [6, 6.07) is 2.06. The molecule has 0 fully saturated rings. The van der Waals surface area contributed by atoms with Crippen LogP contribution in [0.3, 0.4) is 0 Å². The van der Waals surface area contributed by atoms with E-state index in [4.69, 9.17) is 11.6 Å². The molecule has 0 N–H and O–H groups in total. The Hall–Kier alpha value is -0.830. The number of aromatic nitrogens is 2. The molecule has 0 atom stereocenters. The van der Waals surface area contributed by atoms with Crippen molar-refractivity contribution >= 4 is 17.5 Å². The molecule has 0 aliphatic rings. The molecule has 1 heterocycles. The van der Waals surface area contributed by atoms with E-state index in [9.17, 15) is 0 Å². The van der Waals surface area contributed by atoms with Gasteiger partial charge in [-0.2, -0.15) is 0 Å². The molecule has 3 nitrogen and oxygen atoms in total. The van der Waals surface area contributed by atoms with Crippen LogP contribution < -0.4 is 4.90 Å². The van der Waals surface area contributed by atoms with Crippen molar-refractivity contribution in [3.8, 4) is 0 Å². The fourth-order valence-electron chi connectivity index (χ4n) is 1.78. The van der Waals surface area contributed by atoms with Gasteiger partial charge in [-0.1, -0.05) is 27.2 Å². The van der Waals surface area contributed by atoms with Gasteiger partial charge >= 0.3 is 0 Å². The van der Waals surface area contributed by atoms with Crippen molar-refractivity contribution in [2.24, 2.45) is 0 Å². The molecule has 0 saturated carbocycles. The summed E-state index contributed by atoms with van der Waals surface area (Å²) in [4.78, 5) is 11.4. The zero-order chi connectivity index (χ0) is 13.5. The molecule has 1 aromatic heterocycles. The Labute approximate surface area is 116 Å². The summed E-state index contributed by atoms with van der Waals surface area (Å²) >= 11 is 5.87. The number of halogens is 1. The molecule has 18 heavy (non-hydrogen) atoms. The molecule has 0 unspecified atom stereocenters. The molecule has 0 spiro atoms. The smallest absolute Gasteiger partial charge is 0.225 e. The Morgan fingerprint density at radius 1 is 1.28 bits per heavy atom. The SMILES string of the molecule is CCCCN(CCCl)c1nc(C)cc(C(C)C)n1. The molecule has 1 rings (SSSR count). The second-order valence-corrected chi connectivity index (χ2v) is 5.30. The number of alkyl halides is 1. The maximum absolute atomic E-state index is 5.87. The average molecular weight is 270 g/mol. The molecule has 0 aliphatic carbocycles. The van der Waals surface area contributed by atoms with Crippen LogP contribution in [0.25, 0.3) is 0 Å². The third kappa shape index (κ3) is 4.45. The minimum Gasteiger partial charge on any atom is -0.340 e. The second kappa shape index (κ2) is 7.57. The van der Waals surface area contributed by atoms with Crippen LogP contribution in [0.2, 0.25) is 0 Å². The first-order chi connectivity index (χ1) is 8.58. The van der Waals surface area contributed by atoms with Gasteiger partial charge in [-0.15, -0.1) is 11.6 Å². The standard InChI is InChI=1S/C14H24ClN3/c1-5-6-8-18(9-7-15)14-16-12(4)10-13(17-14)11(2)3/h10-11H,5-9H2,1-4H3. The third-order valence-corrected chi connectivity index (χ3v) is 3.04. The minimum absolute atomic E-state index is 0.425. The van der Waals surface area contributed by atoms with E-state index in [0.29, 0.717) is 11.8 Å². The minimum atomic E-state index is 0.425. The van der Waals surface area contributed by atoms with Crippen molar-refractivity contribution in [1.29, 1.82) is 0 Å². The number of nitrogens with zero attached hydrogens (tertiary/aromatic N) is 3. The van der Waals surface area contributed by atoms with Crippen LogP contribution in [0.5, 0.6) is 0 Å². The second-order valence-electron chi connectivity index (χ2n) is 4.92. The molecular weight excluding hydrogens is 246 g/mol. The van der Waals surface area contributed by atoms with Gasteiger partial charge in [0.25, 0.3) is 0 Å². The summed E-state index contributed by atoms with van der Waals surface area (Å²) in [5, 5.41) is 0. The zero-order valence-electron chi connectivity index (χ0n) is 11.9. The lowest BCUT2D eigenvalue weighted by Gasteiger charge is -2.22. The van der Waals surface area contributed by atoms with Crippen LogP contribution in [0.1, 0.15) is 50.9 Å². The Morgan fingerprint density at radius 3 is 2.56 bits per heavy atom. The fraction of sp³-hybridized carbons (Fsp3) is 0.714. The van der Waals surface area contributed by atoms with E-state index < -0.39 is 0 Å². The van der Waals surface area contributed by atoms with Crippen LogP contribution in [0.4, 0.5) is 5.95 Å². The van der Waals surface area contributed by atoms with Crippen molar-refractivity contribution in [3.63, 3.8) is 0 Å². The molecular formula is C14H24ClN3. The average Bonchev–Trinajstić information content (AvgIpc) is 2.33. The van der Waals surface area contributed by atoms with Gasteiger partial charge in [-0.05, 0) is 25.3 Å². The highest BCUT2D eigenvalue weighted by Crippen LogP contribution is 2.17. The molecule has 0 amide bonds. The van der Waals surface area contributed by atoms with Gasteiger partial charge in [0, 0.05) is 30.4 Å². The summed E-state index contributed by atoms with van der Waals surface area (Å²) in [6.07, 6.45) is 2.31. The predicted octanol–water partition coefficient (Wildman–Crippen LogP) is 3.75. The highest BCUT2D eigenvalue weighted by atomic mass is 35.5. The highest BCUT2D eigenvalue weighted by molar-refractivity contribution is 6.18. The monoisotopic (exact) mass is 269 g/mol. The molecule has 0 saturated heterocycles. The number of hydrogen-bond acceptors (Lipinski definition) is 3. The van der Waals surface area contributed by atoms with Crippen molar-refractivity contribution in [2.45, 2.75) is 46.5 Å². The van der Waals surface area contributed by atoms with Crippen molar-refractivity contribution in [1.82, 2.24) is 9.97 Å². The quantitative estimate of drug-likeness (QED) is 0.706. The summed E-state index contributed by atoms with van der Waals surface area (Å²) in [5.41, 5.74) is 2.13. The lowest BCUT2D eigenvalue weighted by Crippen LogP contribution is -2.29. The third-order valence-electron chi connectivity index (χ3n) is 2.87. The van der Waals surface area contributed by atoms with E-state index in [1.165, 1.54) is 6.42 Å². The molecule has 102 valence electrons. The van der Waals surface area contributed by atoms with Gasteiger partial charge in [0.05, 0.1) is 0 Å². The normalized spacial score (nSPS) is 11.0. The molecule has 0 bridgehead atoms. The van der Waals surface area contributed by atoms with Gasteiger partial charge in [-0.3, -0.25) is 0 Å².